The summed E-state index contributed by atoms with van der Waals surface area (Å²) in [6, 6.07) is -0.324. The highest BCUT2D eigenvalue weighted by Gasteiger charge is 2.53. The van der Waals surface area contributed by atoms with E-state index in [9.17, 15) is 35.1 Å². The molecule has 3 saturated heterocycles. The van der Waals surface area contributed by atoms with Crippen molar-refractivity contribution in [3.63, 3.8) is 0 Å². The molecule has 0 spiro atoms. The van der Waals surface area contributed by atoms with Crippen LogP contribution in [0, 0.1) is 33.8 Å². The number of likely N-dealkylation sites (N-methyl/N-ethyl adjacent to an activating group) is 1. The average Bonchev–Trinajstić information content (AvgIpc) is 3.08. The molecule has 0 radical (unpaired) electrons. The van der Waals surface area contributed by atoms with Crippen LogP contribution in [-0.4, -0.2) is 158 Å². The van der Waals surface area contributed by atoms with Crippen molar-refractivity contribution in [3.05, 3.63) is 10.1 Å². The van der Waals surface area contributed by atoms with Gasteiger partial charge in [-0.05, 0) is 74.9 Å². The molecule has 0 aromatic rings. The zero-order valence-electron chi connectivity index (χ0n) is 34.6. The number of Topliss-reactive ketones (excluding diaryl/α,β-unsaturated/α-hetero) is 1. The fourth-order valence-electron chi connectivity index (χ4n) is 8.41. The largest absolute Gasteiger partial charge is 0.459 e. The Bertz CT molecular complexity index is 1270. The summed E-state index contributed by atoms with van der Waals surface area (Å²) in [6.07, 6.45) is -9.71. The van der Waals surface area contributed by atoms with Crippen molar-refractivity contribution in [2.24, 2.45) is 23.7 Å². The molecule has 6 N–H and O–H groups in total. The Morgan fingerprint density at radius 2 is 1.49 bits per heavy atom. The molecule has 3 heterocycles. The molecular formula is C37H68N2O16. The van der Waals surface area contributed by atoms with Crippen LogP contribution in [0.3, 0.4) is 0 Å². The summed E-state index contributed by atoms with van der Waals surface area (Å²) in [7, 11) is 5.18. The predicted octanol–water partition coefficient (Wildman–Crippen LogP) is 1.44. The molecule has 0 aliphatic carbocycles. The molecular weight excluding hydrogens is 728 g/mol. The summed E-state index contributed by atoms with van der Waals surface area (Å²) < 4.78 is 37.1. The van der Waals surface area contributed by atoms with E-state index in [4.69, 9.17) is 43.7 Å². The van der Waals surface area contributed by atoms with Crippen molar-refractivity contribution in [1.29, 1.82) is 0 Å². The number of carbonyl (C=O) groups excluding carboxylic acids is 2. The summed E-state index contributed by atoms with van der Waals surface area (Å²) >= 11 is 0. The molecule has 18 atom stereocenters. The maximum absolute atomic E-state index is 14.1. The summed E-state index contributed by atoms with van der Waals surface area (Å²) in [5.41, 5.74) is -4.84. The van der Waals surface area contributed by atoms with Crippen LogP contribution in [-0.2, 0) is 38.0 Å². The zero-order valence-corrected chi connectivity index (χ0v) is 34.6. The molecule has 0 aromatic carbocycles. The third-order valence-electron chi connectivity index (χ3n) is 11.8. The first-order valence-electron chi connectivity index (χ1n) is 19.1. The van der Waals surface area contributed by atoms with Gasteiger partial charge in [-0.1, -0.05) is 27.7 Å². The molecule has 3 fully saturated rings. The Hall–Kier alpha value is -2.10. The number of carbonyl (C=O) groups is 2. The molecule has 18 nitrogen and oxygen atoms in total. The van der Waals surface area contributed by atoms with Crippen LogP contribution in [0.4, 0.5) is 0 Å². The van der Waals surface area contributed by atoms with E-state index in [0.717, 1.165) is 0 Å². The second-order valence-electron chi connectivity index (χ2n) is 16.7. The van der Waals surface area contributed by atoms with E-state index in [-0.39, 0.29) is 31.4 Å². The molecule has 3 aliphatic rings. The van der Waals surface area contributed by atoms with Gasteiger partial charge in [0.15, 0.2) is 12.6 Å². The Labute approximate surface area is 324 Å². The average molecular weight is 797 g/mol. The van der Waals surface area contributed by atoms with Crippen LogP contribution < -0.4 is 0 Å². The lowest BCUT2D eigenvalue weighted by Crippen LogP contribution is -2.61. The predicted molar refractivity (Wildman–Crippen MR) is 195 cm³/mol. The minimum absolute atomic E-state index is 0.0936. The lowest BCUT2D eigenvalue weighted by Gasteiger charge is -2.49. The van der Waals surface area contributed by atoms with Crippen LogP contribution >= 0.6 is 0 Å². The van der Waals surface area contributed by atoms with Gasteiger partial charge in [0.05, 0.1) is 47.6 Å². The van der Waals surface area contributed by atoms with E-state index >= 15 is 0 Å². The number of ether oxygens (including phenoxy) is 6. The number of ketones is 1. The fraction of sp³-hybridized carbons (Fsp3) is 0.946. The highest BCUT2D eigenvalue weighted by molar-refractivity contribution is 5.83. The molecule has 3 rings (SSSR count). The van der Waals surface area contributed by atoms with Gasteiger partial charge in [-0.3, -0.25) is 9.59 Å². The number of aliphatic hydroxyl groups is 5. The number of hydrogen-bond acceptors (Lipinski definition) is 16. The maximum Gasteiger partial charge on any atom is 0.311 e. The van der Waals surface area contributed by atoms with Crippen molar-refractivity contribution in [2.45, 2.75) is 179 Å². The van der Waals surface area contributed by atoms with Gasteiger partial charge in [-0.15, -0.1) is 10.1 Å². The zero-order chi connectivity index (χ0) is 42.5. The van der Waals surface area contributed by atoms with Crippen LogP contribution in [0.15, 0.2) is 0 Å². The van der Waals surface area contributed by atoms with E-state index in [1.165, 1.54) is 27.9 Å². The number of cyclic esters (lactones) is 1. The lowest BCUT2D eigenvalue weighted by molar-refractivity contribution is -0.742. The molecule has 55 heavy (non-hydrogen) atoms. The summed E-state index contributed by atoms with van der Waals surface area (Å²) in [6.45, 7) is 16.3. The van der Waals surface area contributed by atoms with Gasteiger partial charge >= 0.3 is 5.97 Å². The fourth-order valence-corrected chi connectivity index (χ4v) is 8.41. The molecule has 0 bridgehead atoms. The quantitative estimate of drug-likeness (QED) is 0.121. The normalized spacial score (nSPS) is 46.6. The van der Waals surface area contributed by atoms with Crippen LogP contribution in [0.25, 0.3) is 0 Å². The standard InChI is InChI=1S/C37H67NO13.HNO3/c1-14-25-37(10,45)30(41)20(4)27(39)18(2)16-35(8,44)32(51-34-28(40)24(38(11)12)15-19(3)47-34)21(5)29(22(6)33(43)49-25)50-26-17-36(9,46-13)31(42)23(7)48-26;2-1(3)4/h18-26,28-32,34,40-42,44-45H,14-17H2,1-13H3;(H,2,3,4)/t18-,19-,20+,21+,22-,23+,24+,25-,26+,28-,29+,30-,31+,32-,34+,35-,36-,37-;/m1./s1. The maximum atomic E-state index is 14.1. The molecule has 0 amide bonds. The summed E-state index contributed by atoms with van der Waals surface area (Å²) in [5, 5.41) is 71.2. The van der Waals surface area contributed by atoms with Gasteiger partial charge in [-0.25, -0.2) is 0 Å². The minimum atomic E-state index is -1.99. The Balaban J connectivity index is 0.00000248. The van der Waals surface area contributed by atoms with Gasteiger partial charge in [0.2, 0.25) is 0 Å². The van der Waals surface area contributed by atoms with Gasteiger partial charge in [-0.2, -0.15) is 0 Å². The molecule has 0 aromatic heterocycles. The first-order chi connectivity index (χ1) is 25.2. The summed E-state index contributed by atoms with van der Waals surface area (Å²) in [5.74, 6) is -4.98. The van der Waals surface area contributed by atoms with Crippen molar-refractivity contribution < 1.29 is 73.8 Å². The Morgan fingerprint density at radius 1 is 0.927 bits per heavy atom. The smallest absolute Gasteiger partial charge is 0.311 e. The minimum Gasteiger partial charge on any atom is -0.459 e. The first-order valence-corrected chi connectivity index (χ1v) is 19.1. The SMILES string of the molecule is CC[C@H]1OC(=O)[C@H](C)[C@@H](O[C@H]2C[C@@](C)(OC)[C@@H](O)[C@H](C)O2)[C@H](C)[C@@H](O[C@@H]2O[C@H](C)C[C@H](N(C)C)[C@H]2O)[C@](C)(O)C[C@@H](C)C(=O)[C@H](C)[C@@H](O)[C@]1(C)O.O=[N+]([O-])O. The van der Waals surface area contributed by atoms with Crippen LogP contribution in [0.1, 0.15) is 94.9 Å². The monoisotopic (exact) mass is 796 g/mol. The van der Waals surface area contributed by atoms with E-state index in [0.29, 0.717) is 6.42 Å². The van der Waals surface area contributed by atoms with E-state index in [1.54, 1.807) is 41.5 Å². The second-order valence-corrected chi connectivity index (χ2v) is 16.7. The van der Waals surface area contributed by atoms with Crippen molar-refractivity contribution >= 4 is 11.8 Å². The van der Waals surface area contributed by atoms with Crippen molar-refractivity contribution in [2.75, 3.05) is 21.2 Å². The summed E-state index contributed by atoms with van der Waals surface area (Å²) in [4.78, 5) is 38.1. The molecule has 18 heteroatoms. The number of methoxy groups -OCH3 is 1. The highest BCUT2D eigenvalue weighted by Crippen LogP contribution is 2.40. The topological polar surface area (TPSA) is 257 Å². The molecule has 0 unspecified atom stereocenters. The van der Waals surface area contributed by atoms with Gasteiger partial charge in [0.25, 0.3) is 5.09 Å². The van der Waals surface area contributed by atoms with Crippen LogP contribution in [0.5, 0.6) is 0 Å². The Kier molecular flexibility index (Phi) is 17.4. The number of aliphatic hydroxyl groups excluding tert-OH is 3. The Morgan fingerprint density at radius 3 is 2.00 bits per heavy atom. The second kappa shape index (κ2) is 19.6. The van der Waals surface area contributed by atoms with Gasteiger partial charge in [0, 0.05) is 37.3 Å². The van der Waals surface area contributed by atoms with Crippen molar-refractivity contribution in [3.8, 4) is 0 Å². The van der Waals surface area contributed by atoms with E-state index in [1.807, 2.05) is 25.9 Å². The number of esters is 1. The highest BCUT2D eigenvalue weighted by atomic mass is 16.9. The van der Waals surface area contributed by atoms with E-state index in [2.05, 4.69) is 0 Å². The number of hydrogen-bond donors (Lipinski definition) is 6. The first kappa shape index (κ1) is 49.0. The van der Waals surface area contributed by atoms with E-state index < -0.39 is 113 Å². The third-order valence-corrected chi connectivity index (χ3v) is 11.8. The number of rotatable bonds is 7. The molecule has 0 saturated carbocycles. The van der Waals surface area contributed by atoms with Crippen molar-refractivity contribution in [1.82, 2.24) is 4.90 Å². The molecule has 322 valence electrons. The van der Waals surface area contributed by atoms with Crippen LogP contribution in [0.2, 0.25) is 0 Å². The molecule has 3 aliphatic heterocycles. The lowest BCUT2D eigenvalue weighted by atomic mass is 9.74. The number of nitrogens with zero attached hydrogens (tertiary/aromatic N) is 2. The van der Waals surface area contributed by atoms with Gasteiger partial charge in [0.1, 0.15) is 29.7 Å². The van der Waals surface area contributed by atoms with Gasteiger partial charge < -0.3 is 64.1 Å². The third kappa shape index (κ3) is 11.7.